The Morgan fingerprint density at radius 3 is 2.31 bits per heavy atom. The van der Waals surface area contributed by atoms with E-state index < -0.39 is 47.9 Å². The van der Waals surface area contributed by atoms with Gasteiger partial charge in [0.05, 0.1) is 33.5 Å². The van der Waals surface area contributed by atoms with Crippen molar-refractivity contribution in [2.75, 3.05) is 39.5 Å². The molecule has 2 aromatic heterocycles. The summed E-state index contributed by atoms with van der Waals surface area (Å²) in [6.07, 6.45) is 2.95. The first kappa shape index (κ1) is 32.7. The van der Waals surface area contributed by atoms with Gasteiger partial charge >= 0.3 is 0 Å². The lowest BCUT2D eigenvalue weighted by Crippen LogP contribution is -2.60. The average molecular weight is 720 g/mol. The minimum absolute atomic E-state index is 0.0104. The Hall–Kier alpha value is -3.80. The highest BCUT2D eigenvalue weighted by atomic mass is 32.2. The zero-order chi connectivity index (χ0) is 34.0. The molecule has 2 saturated heterocycles. The first-order valence-corrected chi connectivity index (χ1v) is 19.4. The van der Waals surface area contributed by atoms with Crippen molar-refractivity contribution in [1.82, 2.24) is 20.3 Å². The summed E-state index contributed by atoms with van der Waals surface area (Å²) in [5, 5.41) is 7.28. The lowest BCUT2D eigenvalue weighted by atomic mass is 9.67. The summed E-state index contributed by atoms with van der Waals surface area (Å²) in [6.45, 7) is 5.51. The van der Waals surface area contributed by atoms with E-state index in [1.807, 2.05) is 18.6 Å². The summed E-state index contributed by atoms with van der Waals surface area (Å²) in [7, 11) is -7.79. The molecule has 17 heteroatoms. The summed E-state index contributed by atoms with van der Waals surface area (Å²) in [5.41, 5.74) is -0.0812. The second-order valence-electron chi connectivity index (χ2n) is 12.8. The lowest BCUT2D eigenvalue weighted by Gasteiger charge is -2.53. The van der Waals surface area contributed by atoms with E-state index in [-0.39, 0.29) is 46.3 Å². The van der Waals surface area contributed by atoms with Crippen LogP contribution in [0, 0.1) is 22.9 Å². The number of nitrogens with zero attached hydrogens (tertiary/aromatic N) is 4. The van der Waals surface area contributed by atoms with Crippen LogP contribution in [0.15, 0.2) is 53.6 Å². The zero-order valence-corrected chi connectivity index (χ0v) is 28.3. The van der Waals surface area contributed by atoms with Crippen molar-refractivity contribution >= 4 is 48.0 Å². The third-order valence-corrected chi connectivity index (χ3v) is 13.6. The van der Waals surface area contributed by atoms with E-state index in [4.69, 9.17) is 9.97 Å². The molecule has 2 atom stereocenters. The predicted molar refractivity (Wildman–Crippen MR) is 178 cm³/mol. The SMILES string of the molecule is C[C@H]1CNC[C@H](C)N1c1nc(-c2cccc(NS(=O)(=O)c3c(F)cccc3F)c2F)c(-c2ccnc(NC3CC4(C3)CS(=O)(=O)C4)n2)s1. The van der Waals surface area contributed by atoms with E-state index in [2.05, 4.69) is 20.5 Å². The van der Waals surface area contributed by atoms with Crippen LogP contribution in [0.2, 0.25) is 0 Å². The van der Waals surface area contributed by atoms with Gasteiger partial charge in [0, 0.05) is 48.4 Å². The van der Waals surface area contributed by atoms with Crippen molar-refractivity contribution in [3.05, 3.63) is 66.1 Å². The van der Waals surface area contributed by atoms with Gasteiger partial charge < -0.3 is 15.5 Å². The van der Waals surface area contributed by atoms with Crippen LogP contribution in [0.1, 0.15) is 26.7 Å². The highest BCUT2D eigenvalue weighted by Crippen LogP contribution is 2.51. The van der Waals surface area contributed by atoms with Gasteiger partial charge in [0.1, 0.15) is 11.6 Å². The Morgan fingerprint density at radius 1 is 0.979 bits per heavy atom. The molecule has 0 amide bonds. The topological polar surface area (TPSA) is 146 Å². The standard InChI is InChI=1S/C31H32F3N7O4S3/c1-17-13-35-14-18(2)41(17)30-39-26(20-5-3-8-23(25(20)34)40-48(44,45)28-21(32)6-4-7-22(28)33)27(46-30)24-9-10-36-29(38-24)37-19-11-31(12-19)15-47(42,43)16-31/h3-10,17-19,35,40H,11-16H2,1-2H3,(H,36,37,38)/t17-,18-/m0/s1. The lowest BCUT2D eigenvalue weighted by molar-refractivity contribution is 0.153. The largest absolute Gasteiger partial charge is 0.351 e. The summed E-state index contributed by atoms with van der Waals surface area (Å²) in [6, 6.07) is 8.47. The number of benzene rings is 2. The normalized spacial score (nSPS) is 21.8. The molecule has 1 spiro atoms. The molecule has 3 N–H and O–H groups in total. The van der Waals surface area contributed by atoms with Crippen LogP contribution in [-0.4, -0.2) is 74.5 Å². The first-order chi connectivity index (χ1) is 22.7. The van der Waals surface area contributed by atoms with Gasteiger partial charge in [-0.2, -0.15) is 0 Å². The molecule has 48 heavy (non-hydrogen) atoms. The minimum atomic E-state index is -4.85. The highest BCUT2D eigenvalue weighted by molar-refractivity contribution is 7.93. The van der Waals surface area contributed by atoms with Crippen LogP contribution in [0.3, 0.4) is 0 Å². The number of rotatable bonds is 8. The van der Waals surface area contributed by atoms with Crippen LogP contribution >= 0.6 is 11.3 Å². The fourth-order valence-corrected chi connectivity index (χ4v) is 11.7. The molecule has 7 rings (SSSR count). The number of anilines is 3. The van der Waals surface area contributed by atoms with Gasteiger partial charge in [-0.15, -0.1) is 0 Å². The van der Waals surface area contributed by atoms with E-state index in [1.54, 1.807) is 12.3 Å². The smallest absolute Gasteiger partial charge is 0.267 e. The molecule has 1 aliphatic carbocycles. The van der Waals surface area contributed by atoms with E-state index >= 15 is 4.39 Å². The Balaban J connectivity index is 1.25. The molecule has 0 radical (unpaired) electrons. The Kier molecular flexibility index (Phi) is 8.16. The third-order valence-electron chi connectivity index (χ3n) is 8.98. The molecule has 0 bridgehead atoms. The van der Waals surface area contributed by atoms with E-state index in [0.717, 1.165) is 24.3 Å². The number of sulfonamides is 1. The molecule has 2 aromatic carbocycles. The van der Waals surface area contributed by atoms with Crippen LogP contribution in [-0.2, 0) is 19.9 Å². The van der Waals surface area contributed by atoms with Crippen LogP contribution in [0.25, 0.3) is 21.8 Å². The highest BCUT2D eigenvalue weighted by Gasteiger charge is 2.56. The maximum atomic E-state index is 16.3. The zero-order valence-electron chi connectivity index (χ0n) is 25.9. The van der Waals surface area contributed by atoms with Crippen LogP contribution in [0.5, 0.6) is 0 Å². The van der Waals surface area contributed by atoms with Crippen molar-refractivity contribution < 1.29 is 30.0 Å². The Labute approximate surface area is 280 Å². The first-order valence-electron chi connectivity index (χ1n) is 15.3. The van der Waals surface area contributed by atoms with E-state index in [0.29, 0.717) is 47.6 Å². The van der Waals surface area contributed by atoms with Crippen LogP contribution < -0.4 is 20.3 Å². The number of halogens is 3. The quantitative estimate of drug-likeness (QED) is 0.235. The molecule has 2 aliphatic heterocycles. The number of nitrogens with one attached hydrogen (secondary N) is 3. The van der Waals surface area contributed by atoms with Crippen molar-refractivity contribution in [3.8, 4) is 21.8 Å². The number of hydrogen-bond donors (Lipinski definition) is 3. The minimum Gasteiger partial charge on any atom is -0.351 e. The number of thiazole rings is 1. The molecular formula is C31H32F3N7O4S3. The van der Waals surface area contributed by atoms with Gasteiger partial charge in [-0.1, -0.05) is 23.5 Å². The average Bonchev–Trinajstić information content (AvgIpc) is 3.41. The fourth-order valence-electron chi connectivity index (χ4n) is 6.96. The van der Waals surface area contributed by atoms with Crippen LogP contribution in [0.4, 0.5) is 29.9 Å². The van der Waals surface area contributed by atoms with E-state index in [9.17, 15) is 25.6 Å². The van der Waals surface area contributed by atoms with Gasteiger partial charge in [-0.25, -0.2) is 45.0 Å². The fraction of sp³-hybridized carbons (Fsp3) is 0.387. The molecule has 3 fully saturated rings. The Morgan fingerprint density at radius 2 is 1.65 bits per heavy atom. The predicted octanol–water partition coefficient (Wildman–Crippen LogP) is 4.66. The second-order valence-corrected chi connectivity index (χ2v) is 17.5. The molecule has 3 aliphatic rings. The Bertz CT molecular complexity index is 2080. The summed E-state index contributed by atoms with van der Waals surface area (Å²) in [4.78, 5) is 15.4. The monoisotopic (exact) mass is 719 g/mol. The van der Waals surface area contributed by atoms with Crippen molar-refractivity contribution in [3.63, 3.8) is 0 Å². The van der Waals surface area contributed by atoms with Gasteiger partial charge in [-0.05, 0) is 57.0 Å². The molecule has 4 aromatic rings. The maximum Gasteiger partial charge on any atom is 0.267 e. The second kappa shape index (κ2) is 12.0. The van der Waals surface area contributed by atoms with Gasteiger partial charge in [0.25, 0.3) is 10.0 Å². The molecule has 254 valence electrons. The maximum absolute atomic E-state index is 16.3. The molecular weight excluding hydrogens is 688 g/mol. The number of aromatic nitrogens is 3. The number of hydrogen-bond acceptors (Lipinski definition) is 11. The van der Waals surface area contributed by atoms with Gasteiger partial charge in [0.2, 0.25) is 5.95 Å². The molecule has 11 nitrogen and oxygen atoms in total. The third kappa shape index (κ3) is 6.01. The summed E-state index contributed by atoms with van der Waals surface area (Å²) in [5.74, 6) is -2.88. The number of piperazine rings is 1. The number of sulfone groups is 1. The van der Waals surface area contributed by atoms with Gasteiger partial charge in [-0.3, -0.25) is 4.72 Å². The molecule has 1 saturated carbocycles. The summed E-state index contributed by atoms with van der Waals surface area (Å²) < 4.78 is 96.6. The summed E-state index contributed by atoms with van der Waals surface area (Å²) >= 11 is 1.31. The van der Waals surface area contributed by atoms with Gasteiger partial charge in [0.15, 0.2) is 25.7 Å². The van der Waals surface area contributed by atoms with Crippen molar-refractivity contribution in [2.45, 2.75) is 49.7 Å². The molecule has 0 unspecified atom stereocenters. The van der Waals surface area contributed by atoms with Crippen molar-refractivity contribution in [2.24, 2.45) is 5.41 Å². The molecule has 4 heterocycles. The van der Waals surface area contributed by atoms with Crippen molar-refractivity contribution in [1.29, 1.82) is 0 Å². The van der Waals surface area contributed by atoms with E-state index in [1.165, 1.54) is 23.5 Å².